The van der Waals surface area contributed by atoms with Crippen LogP contribution in [0.5, 0.6) is 0 Å². The first-order chi connectivity index (χ1) is 12.1. The first kappa shape index (κ1) is 18.5. The van der Waals surface area contributed by atoms with Crippen molar-refractivity contribution >= 4 is 17.9 Å². The summed E-state index contributed by atoms with van der Waals surface area (Å²) in [5, 5.41) is 9.19. The highest BCUT2D eigenvalue weighted by Crippen LogP contribution is 2.40. The van der Waals surface area contributed by atoms with Gasteiger partial charge in [-0.1, -0.05) is 23.2 Å². The maximum absolute atomic E-state index is 12.3. The Labute approximate surface area is 154 Å². The predicted molar refractivity (Wildman–Crippen MR) is 100 cm³/mol. The second-order valence-electron chi connectivity index (χ2n) is 7.13. The number of carbonyl (C=O) groups excluding carboxylic acids is 1. The van der Waals surface area contributed by atoms with E-state index in [1.165, 1.54) is 0 Å². The number of carbonyl (C=O) groups is 1. The zero-order valence-corrected chi connectivity index (χ0v) is 15.9. The van der Waals surface area contributed by atoms with Gasteiger partial charge in [0, 0.05) is 37.7 Å². The average molecular weight is 365 g/mol. The number of hydrogen-bond acceptors (Lipinski definition) is 6. The molecular weight excluding hydrogens is 336 g/mol. The predicted octanol–water partition coefficient (Wildman–Crippen LogP) is 2.86. The lowest BCUT2D eigenvalue weighted by Gasteiger charge is -2.30. The molecule has 1 amide bonds. The Morgan fingerprint density at radius 1 is 1.40 bits per heavy atom. The maximum atomic E-state index is 12.3. The van der Waals surface area contributed by atoms with Gasteiger partial charge in [-0.2, -0.15) is 0 Å². The van der Waals surface area contributed by atoms with E-state index in [1.807, 2.05) is 0 Å². The molecule has 0 radical (unpaired) electrons. The first-order valence-corrected chi connectivity index (χ1v) is 9.94. The van der Waals surface area contributed by atoms with Crippen LogP contribution in [0.4, 0.5) is 0 Å². The van der Waals surface area contributed by atoms with Crippen molar-refractivity contribution in [3.8, 4) is 0 Å². The Hall–Kier alpha value is -1.31. The van der Waals surface area contributed by atoms with Crippen molar-refractivity contribution in [3.05, 3.63) is 29.0 Å². The normalized spacial score (nSPS) is 19.8. The van der Waals surface area contributed by atoms with Gasteiger partial charge in [-0.05, 0) is 51.6 Å². The van der Waals surface area contributed by atoms with Gasteiger partial charge in [-0.15, -0.1) is 0 Å². The van der Waals surface area contributed by atoms with Crippen LogP contribution in [0.2, 0.25) is 0 Å². The number of piperidine rings is 1. The minimum absolute atomic E-state index is 0.106. The molecular formula is C18H28N4O2S. The van der Waals surface area contributed by atoms with Crippen LogP contribution < -0.4 is 5.32 Å². The van der Waals surface area contributed by atoms with E-state index in [-0.39, 0.29) is 11.9 Å². The summed E-state index contributed by atoms with van der Waals surface area (Å²) in [4.78, 5) is 14.5. The highest BCUT2D eigenvalue weighted by Gasteiger charge is 2.29. The molecule has 0 atom stereocenters. The van der Waals surface area contributed by atoms with Gasteiger partial charge in [0.05, 0.1) is 0 Å². The number of amides is 1. The van der Waals surface area contributed by atoms with Crippen LogP contribution in [0.15, 0.2) is 22.1 Å². The molecule has 2 fully saturated rings. The summed E-state index contributed by atoms with van der Waals surface area (Å²) in [5.41, 5.74) is 0.419. The largest absolute Gasteiger partial charge is 0.360 e. The molecule has 0 spiro atoms. The van der Waals surface area contributed by atoms with Crippen molar-refractivity contribution in [2.45, 2.75) is 44.1 Å². The Balaban J connectivity index is 1.35. The lowest BCUT2D eigenvalue weighted by atomic mass is 10.1. The van der Waals surface area contributed by atoms with E-state index < -0.39 is 0 Å². The molecule has 1 aromatic rings. The highest BCUT2D eigenvalue weighted by molar-refractivity contribution is 7.99. The van der Waals surface area contributed by atoms with Crippen LogP contribution in [-0.4, -0.2) is 60.0 Å². The van der Waals surface area contributed by atoms with E-state index in [1.54, 1.807) is 18.0 Å². The van der Waals surface area contributed by atoms with Crippen molar-refractivity contribution in [2.75, 3.05) is 33.7 Å². The molecule has 1 aliphatic carbocycles. The van der Waals surface area contributed by atoms with Crippen molar-refractivity contribution in [3.63, 3.8) is 0 Å². The van der Waals surface area contributed by atoms with Crippen molar-refractivity contribution in [1.29, 1.82) is 0 Å². The number of hydrogen-bond donors (Lipinski definition) is 1. The van der Waals surface area contributed by atoms with Crippen LogP contribution in [0.1, 0.15) is 54.3 Å². The van der Waals surface area contributed by atoms with E-state index in [0.29, 0.717) is 11.6 Å². The summed E-state index contributed by atoms with van der Waals surface area (Å²) in [7, 11) is 4.18. The molecule has 2 aliphatic rings. The smallest absolute Gasteiger partial charge is 0.273 e. The van der Waals surface area contributed by atoms with Crippen LogP contribution in [0.25, 0.3) is 0 Å². The Morgan fingerprint density at radius 2 is 2.16 bits per heavy atom. The van der Waals surface area contributed by atoms with E-state index >= 15 is 0 Å². The average Bonchev–Trinajstić information content (AvgIpc) is 3.32. The molecule has 2 heterocycles. The standard InChI is InChI=1S/C18H28N4O2S/c1-21(2)9-3-4-12-25-22-10-7-15(8-11-22)19-18(23)16-13-17(24-20-16)14-5-6-14/h4,12-15H,3,5-11H2,1-2H3,(H,19,23)/b12-4+. The molecule has 1 N–H and O–H groups in total. The molecule has 3 rings (SSSR count). The molecule has 7 heteroatoms. The number of nitrogens with one attached hydrogen (secondary N) is 1. The van der Waals surface area contributed by atoms with Gasteiger partial charge in [0.2, 0.25) is 0 Å². The zero-order valence-electron chi connectivity index (χ0n) is 15.1. The van der Waals surface area contributed by atoms with Gasteiger partial charge in [0.1, 0.15) is 5.76 Å². The number of nitrogens with zero attached hydrogens (tertiary/aromatic N) is 3. The lowest BCUT2D eigenvalue weighted by Crippen LogP contribution is -2.42. The fourth-order valence-electron chi connectivity index (χ4n) is 2.85. The molecule has 25 heavy (non-hydrogen) atoms. The maximum Gasteiger partial charge on any atom is 0.273 e. The van der Waals surface area contributed by atoms with Crippen LogP contribution >= 0.6 is 11.9 Å². The summed E-state index contributed by atoms with van der Waals surface area (Å²) in [5.74, 6) is 1.24. The fourth-order valence-corrected chi connectivity index (χ4v) is 3.67. The Bertz CT molecular complexity index is 590. The van der Waals surface area contributed by atoms with E-state index in [0.717, 1.165) is 57.5 Å². The second kappa shape index (κ2) is 8.87. The molecule has 1 aromatic heterocycles. The topological polar surface area (TPSA) is 61.6 Å². The fraction of sp³-hybridized carbons (Fsp3) is 0.667. The summed E-state index contributed by atoms with van der Waals surface area (Å²) in [6, 6.07) is 2.03. The molecule has 0 bridgehead atoms. The summed E-state index contributed by atoms with van der Waals surface area (Å²) in [6.45, 7) is 3.05. The second-order valence-corrected chi connectivity index (χ2v) is 8.13. The van der Waals surface area contributed by atoms with Crippen molar-refractivity contribution in [1.82, 2.24) is 19.7 Å². The molecule has 1 aliphatic heterocycles. The minimum atomic E-state index is -0.106. The third kappa shape index (κ3) is 5.87. The van der Waals surface area contributed by atoms with Crippen molar-refractivity contribution in [2.24, 2.45) is 0 Å². The molecule has 6 nitrogen and oxygen atoms in total. The van der Waals surface area contributed by atoms with Gasteiger partial charge in [-0.3, -0.25) is 4.79 Å². The lowest BCUT2D eigenvalue weighted by molar-refractivity contribution is 0.0915. The number of aromatic nitrogens is 1. The Morgan fingerprint density at radius 3 is 2.84 bits per heavy atom. The summed E-state index contributed by atoms with van der Waals surface area (Å²) >= 11 is 1.77. The Kier molecular flexibility index (Phi) is 6.56. The third-order valence-electron chi connectivity index (χ3n) is 4.58. The molecule has 0 unspecified atom stereocenters. The zero-order chi connectivity index (χ0) is 17.6. The van der Waals surface area contributed by atoms with Crippen LogP contribution in [-0.2, 0) is 0 Å². The monoisotopic (exact) mass is 364 g/mol. The van der Waals surface area contributed by atoms with Gasteiger partial charge in [-0.25, -0.2) is 4.31 Å². The SMILES string of the molecule is CN(C)CC/C=C/SN1CCC(NC(=O)c2cc(C3CC3)on2)CC1. The minimum Gasteiger partial charge on any atom is -0.360 e. The highest BCUT2D eigenvalue weighted by atomic mass is 32.2. The summed E-state index contributed by atoms with van der Waals surface area (Å²) in [6.07, 6.45) is 7.54. The van der Waals surface area contributed by atoms with Gasteiger partial charge in [0.25, 0.3) is 5.91 Å². The first-order valence-electron chi connectivity index (χ1n) is 9.11. The summed E-state index contributed by atoms with van der Waals surface area (Å²) < 4.78 is 7.62. The van der Waals surface area contributed by atoms with Crippen LogP contribution in [0.3, 0.4) is 0 Å². The van der Waals surface area contributed by atoms with Gasteiger partial charge >= 0.3 is 0 Å². The van der Waals surface area contributed by atoms with Gasteiger partial charge in [0.15, 0.2) is 5.69 Å². The molecule has 1 saturated heterocycles. The van der Waals surface area contributed by atoms with Gasteiger partial charge < -0.3 is 14.7 Å². The van der Waals surface area contributed by atoms with E-state index in [2.05, 4.69) is 45.3 Å². The van der Waals surface area contributed by atoms with E-state index in [4.69, 9.17) is 4.52 Å². The van der Waals surface area contributed by atoms with Crippen molar-refractivity contribution < 1.29 is 9.32 Å². The molecule has 138 valence electrons. The molecule has 1 saturated carbocycles. The number of rotatable bonds is 8. The molecule has 0 aromatic carbocycles. The quantitative estimate of drug-likeness (QED) is 0.716. The van der Waals surface area contributed by atoms with E-state index in [9.17, 15) is 4.79 Å². The van der Waals surface area contributed by atoms with Crippen LogP contribution in [0, 0.1) is 0 Å². The third-order valence-corrected chi connectivity index (χ3v) is 5.56.